The number of hydrogen-bond donors (Lipinski definition) is 1. The Hall–Kier alpha value is -3.15. The van der Waals surface area contributed by atoms with Crippen molar-refractivity contribution < 1.29 is 14.4 Å². The van der Waals surface area contributed by atoms with E-state index in [-0.39, 0.29) is 11.8 Å². The standard InChI is InChI=1S/C22H25N3O3/c1-15-11-16(2)20(17(3)12-15)23-21(27)18-5-4-6-19(13-18)22(28)25-9-7-24(14-26)8-10-25/h4-6,11-14H,7-10H2,1-3H3,(H,23,27). The first-order valence-electron chi connectivity index (χ1n) is 9.37. The Morgan fingerprint density at radius 2 is 1.54 bits per heavy atom. The SMILES string of the molecule is Cc1cc(C)c(NC(=O)c2cccc(C(=O)N3CCN(C=O)CC3)c2)c(C)c1. The van der Waals surface area contributed by atoms with Gasteiger partial charge in [-0.05, 0) is 50.1 Å². The van der Waals surface area contributed by atoms with E-state index >= 15 is 0 Å². The first-order valence-corrected chi connectivity index (χ1v) is 9.37. The average molecular weight is 379 g/mol. The highest BCUT2D eigenvalue weighted by Crippen LogP contribution is 2.23. The molecule has 0 aromatic heterocycles. The summed E-state index contributed by atoms with van der Waals surface area (Å²) in [4.78, 5) is 39.7. The number of rotatable bonds is 4. The van der Waals surface area contributed by atoms with Gasteiger partial charge < -0.3 is 15.1 Å². The largest absolute Gasteiger partial charge is 0.342 e. The van der Waals surface area contributed by atoms with Gasteiger partial charge in [0.1, 0.15) is 0 Å². The topological polar surface area (TPSA) is 69.7 Å². The molecule has 0 radical (unpaired) electrons. The van der Waals surface area contributed by atoms with E-state index in [1.807, 2.05) is 32.9 Å². The zero-order valence-electron chi connectivity index (χ0n) is 16.5. The van der Waals surface area contributed by atoms with Crippen molar-refractivity contribution >= 4 is 23.9 Å². The van der Waals surface area contributed by atoms with Crippen LogP contribution in [0.4, 0.5) is 5.69 Å². The van der Waals surface area contributed by atoms with E-state index in [1.54, 1.807) is 34.1 Å². The van der Waals surface area contributed by atoms with Crippen LogP contribution in [0.2, 0.25) is 0 Å². The van der Waals surface area contributed by atoms with Gasteiger partial charge in [0, 0.05) is 43.0 Å². The van der Waals surface area contributed by atoms with Crippen LogP contribution in [0.25, 0.3) is 0 Å². The molecule has 0 aliphatic carbocycles. The van der Waals surface area contributed by atoms with Crippen LogP contribution in [0, 0.1) is 20.8 Å². The lowest BCUT2D eigenvalue weighted by molar-refractivity contribution is -0.119. The van der Waals surface area contributed by atoms with Crippen LogP contribution in [0.5, 0.6) is 0 Å². The minimum absolute atomic E-state index is 0.122. The molecule has 6 heteroatoms. The molecule has 1 heterocycles. The molecule has 2 aromatic carbocycles. The smallest absolute Gasteiger partial charge is 0.255 e. The number of hydrogen-bond acceptors (Lipinski definition) is 3. The summed E-state index contributed by atoms with van der Waals surface area (Å²) in [7, 11) is 0. The molecule has 2 aromatic rings. The molecule has 0 atom stereocenters. The van der Waals surface area contributed by atoms with Gasteiger partial charge in [0.25, 0.3) is 11.8 Å². The minimum Gasteiger partial charge on any atom is -0.342 e. The Morgan fingerprint density at radius 1 is 0.929 bits per heavy atom. The van der Waals surface area contributed by atoms with Crippen molar-refractivity contribution in [2.75, 3.05) is 31.5 Å². The third-order valence-electron chi connectivity index (χ3n) is 5.04. The minimum atomic E-state index is -0.240. The molecule has 1 aliphatic rings. The maximum absolute atomic E-state index is 12.8. The molecular weight excluding hydrogens is 354 g/mol. The molecule has 0 bridgehead atoms. The number of aryl methyl sites for hydroxylation is 3. The number of anilines is 1. The summed E-state index contributed by atoms with van der Waals surface area (Å²) in [5, 5.41) is 2.97. The van der Waals surface area contributed by atoms with Crippen molar-refractivity contribution in [2.24, 2.45) is 0 Å². The molecule has 6 nitrogen and oxygen atoms in total. The monoisotopic (exact) mass is 379 g/mol. The molecule has 3 rings (SSSR count). The number of amides is 3. The van der Waals surface area contributed by atoms with E-state index in [4.69, 9.17) is 0 Å². The zero-order valence-corrected chi connectivity index (χ0v) is 16.5. The van der Waals surface area contributed by atoms with Crippen molar-refractivity contribution in [3.05, 3.63) is 64.2 Å². The van der Waals surface area contributed by atoms with Gasteiger partial charge in [-0.1, -0.05) is 23.8 Å². The maximum Gasteiger partial charge on any atom is 0.255 e. The van der Waals surface area contributed by atoms with E-state index in [0.717, 1.165) is 28.8 Å². The zero-order chi connectivity index (χ0) is 20.3. The molecule has 146 valence electrons. The normalized spacial score (nSPS) is 14.0. The van der Waals surface area contributed by atoms with Crippen molar-refractivity contribution in [2.45, 2.75) is 20.8 Å². The van der Waals surface area contributed by atoms with Gasteiger partial charge >= 0.3 is 0 Å². The van der Waals surface area contributed by atoms with E-state index in [9.17, 15) is 14.4 Å². The molecule has 0 unspecified atom stereocenters. The maximum atomic E-state index is 12.8. The van der Waals surface area contributed by atoms with Gasteiger partial charge in [0.05, 0.1) is 0 Å². The Bertz CT molecular complexity index is 892. The van der Waals surface area contributed by atoms with Crippen molar-refractivity contribution in [3.8, 4) is 0 Å². The van der Waals surface area contributed by atoms with Gasteiger partial charge in [0.15, 0.2) is 0 Å². The van der Waals surface area contributed by atoms with E-state index in [0.29, 0.717) is 37.3 Å². The number of nitrogens with one attached hydrogen (secondary N) is 1. The van der Waals surface area contributed by atoms with Crippen molar-refractivity contribution in [3.63, 3.8) is 0 Å². The summed E-state index contributed by atoms with van der Waals surface area (Å²) in [5.74, 6) is -0.363. The summed E-state index contributed by atoms with van der Waals surface area (Å²) in [6, 6.07) is 10.8. The lowest BCUT2D eigenvalue weighted by atomic mass is 10.0. The second-order valence-electron chi connectivity index (χ2n) is 7.24. The number of piperazine rings is 1. The molecule has 28 heavy (non-hydrogen) atoms. The highest BCUT2D eigenvalue weighted by Gasteiger charge is 2.22. The number of carbonyl (C=O) groups excluding carboxylic acids is 3. The molecule has 0 spiro atoms. The van der Waals surface area contributed by atoms with E-state index in [2.05, 4.69) is 5.32 Å². The summed E-state index contributed by atoms with van der Waals surface area (Å²) in [6.07, 6.45) is 0.807. The van der Waals surface area contributed by atoms with Crippen molar-refractivity contribution in [1.29, 1.82) is 0 Å². The molecular formula is C22H25N3O3. The highest BCUT2D eigenvalue weighted by molar-refractivity contribution is 6.06. The van der Waals surface area contributed by atoms with Gasteiger partial charge in [0.2, 0.25) is 6.41 Å². The first kappa shape index (κ1) is 19.6. The lowest BCUT2D eigenvalue weighted by Crippen LogP contribution is -2.48. The lowest BCUT2D eigenvalue weighted by Gasteiger charge is -2.32. The van der Waals surface area contributed by atoms with Crippen LogP contribution in [0.3, 0.4) is 0 Å². The predicted molar refractivity (Wildman–Crippen MR) is 109 cm³/mol. The van der Waals surface area contributed by atoms with E-state index in [1.165, 1.54) is 0 Å². The second kappa shape index (κ2) is 8.25. The fraction of sp³-hybridized carbons (Fsp3) is 0.318. The number of benzene rings is 2. The van der Waals surface area contributed by atoms with Crippen molar-refractivity contribution in [1.82, 2.24) is 9.80 Å². The Balaban J connectivity index is 1.75. The summed E-state index contributed by atoms with van der Waals surface area (Å²) >= 11 is 0. The van der Waals surface area contributed by atoms with E-state index < -0.39 is 0 Å². The third kappa shape index (κ3) is 4.22. The second-order valence-corrected chi connectivity index (χ2v) is 7.24. The predicted octanol–water partition coefficient (Wildman–Crippen LogP) is 2.78. The van der Waals surface area contributed by atoms with Crippen LogP contribution in [0.1, 0.15) is 37.4 Å². The Labute approximate surface area is 165 Å². The van der Waals surface area contributed by atoms with Crippen LogP contribution < -0.4 is 5.32 Å². The number of carbonyl (C=O) groups is 3. The fourth-order valence-electron chi connectivity index (χ4n) is 3.57. The highest BCUT2D eigenvalue weighted by atomic mass is 16.2. The molecule has 3 amide bonds. The van der Waals surface area contributed by atoms with Gasteiger partial charge in [-0.2, -0.15) is 0 Å². The van der Waals surface area contributed by atoms with Crippen LogP contribution in [-0.4, -0.2) is 54.2 Å². The third-order valence-corrected chi connectivity index (χ3v) is 5.04. The molecule has 0 saturated carbocycles. The van der Waals surface area contributed by atoms with Gasteiger partial charge in [-0.3, -0.25) is 14.4 Å². The summed E-state index contributed by atoms with van der Waals surface area (Å²) in [6.45, 7) is 8.01. The van der Waals surface area contributed by atoms with Gasteiger partial charge in [-0.25, -0.2) is 0 Å². The molecule has 1 saturated heterocycles. The Morgan fingerprint density at radius 3 is 2.14 bits per heavy atom. The van der Waals surface area contributed by atoms with Crippen LogP contribution in [-0.2, 0) is 4.79 Å². The molecule has 1 N–H and O–H groups in total. The summed E-state index contributed by atoms with van der Waals surface area (Å²) in [5.41, 5.74) is 4.88. The fourth-order valence-corrected chi connectivity index (χ4v) is 3.57. The Kier molecular flexibility index (Phi) is 5.78. The number of nitrogens with zero attached hydrogens (tertiary/aromatic N) is 2. The molecule has 1 fully saturated rings. The summed E-state index contributed by atoms with van der Waals surface area (Å²) < 4.78 is 0. The van der Waals surface area contributed by atoms with Crippen LogP contribution in [0.15, 0.2) is 36.4 Å². The van der Waals surface area contributed by atoms with Gasteiger partial charge in [-0.15, -0.1) is 0 Å². The van der Waals surface area contributed by atoms with Crippen LogP contribution >= 0.6 is 0 Å². The quantitative estimate of drug-likeness (QED) is 0.831. The first-order chi connectivity index (χ1) is 13.4. The average Bonchev–Trinajstić information content (AvgIpc) is 2.70. The molecule has 1 aliphatic heterocycles.